The molecule has 10 heteroatoms. The third kappa shape index (κ3) is 5.03. The second kappa shape index (κ2) is 8.60. The zero-order valence-corrected chi connectivity index (χ0v) is 13.6. The van der Waals surface area contributed by atoms with Gasteiger partial charge in [0.15, 0.2) is 17.3 Å². The molecule has 0 amide bonds. The number of rotatable bonds is 8. The first-order chi connectivity index (χ1) is 12.4. The van der Waals surface area contributed by atoms with Gasteiger partial charge in [0, 0.05) is 17.7 Å². The number of nitrogens with two attached hydrogens (primary N) is 1. The molecule has 0 aliphatic carbocycles. The highest BCUT2D eigenvalue weighted by Crippen LogP contribution is 2.29. The lowest BCUT2D eigenvalue weighted by Crippen LogP contribution is -2.14. The lowest BCUT2D eigenvalue weighted by Gasteiger charge is -2.11. The van der Waals surface area contributed by atoms with Crippen LogP contribution in [0.3, 0.4) is 0 Å². The number of methoxy groups -OCH3 is 1. The quantitative estimate of drug-likeness (QED) is 0.332. The highest BCUT2D eigenvalue weighted by atomic mass is 19.3. The van der Waals surface area contributed by atoms with Crippen molar-refractivity contribution in [1.82, 2.24) is 0 Å². The molecule has 0 atom stereocenters. The standard InChI is InChI=1S/C16H15F2N3O5/c1-24-14-8-11(5-6-13(14)26-16(17)18)15(19)20-25-9-10-3-2-4-12(7-10)21(22)23/h2-8,16H,9H2,1H3,(H2,19,20). The summed E-state index contributed by atoms with van der Waals surface area (Å²) in [7, 11) is 1.30. The van der Waals surface area contributed by atoms with Crippen molar-refractivity contribution in [1.29, 1.82) is 0 Å². The molecule has 2 rings (SSSR count). The summed E-state index contributed by atoms with van der Waals surface area (Å²) < 4.78 is 33.9. The summed E-state index contributed by atoms with van der Waals surface area (Å²) in [5.41, 5.74) is 6.62. The molecule has 0 aliphatic rings. The monoisotopic (exact) mass is 367 g/mol. The molecular formula is C16H15F2N3O5. The molecule has 0 fully saturated rings. The SMILES string of the molecule is COc1cc(/C(N)=N/OCc2cccc([N+](=O)[O-])c2)ccc1OC(F)F. The Hall–Kier alpha value is -3.43. The smallest absolute Gasteiger partial charge is 0.387 e. The molecule has 0 heterocycles. The Bertz CT molecular complexity index is 814. The zero-order valence-electron chi connectivity index (χ0n) is 13.6. The van der Waals surface area contributed by atoms with Gasteiger partial charge in [-0.25, -0.2) is 0 Å². The largest absolute Gasteiger partial charge is 0.493 e. The Morgan fingerprint density at radius 2 is 2.04 bits per heavy atom. The predicted octanol–water partition coefficient (Wildman–Crippen LogP) is 3.04. The van der Waals surface area contributed by atoms with E-state index in [1.165, 1.54) is 43.5 Å². The summed E-state index contributed by atoms with van der Waals surface area (Å²) in [6.45, 7) is -3.02. The molecule has 0 radical (unpaired) electrons. The van der Waals surface area contributed by atoms with E-state index in [4.69, 9.17) is 15.3 Å². The van der Waals surface area contributed by atoms with Gasteiger partial charge in [0.25, 0.3) is 5.69 Å². The molecule has 0 aliphatic heterocycles. The minimum absolute atomic E-state index is 0.0303. The number of halogens is 2. The van der Waals surface area contributed by atoms with E-state index in [0.717, 1.165) is 0 Å². The number of amidine groups is 1. The fraction of sp³-hybridized carbons (Fsp3) is 0.188. The second-order valence-electron chi connectivity index (χ2n) is 4.92. The summed E-state index contributed by atoms with van der Waals surface area (Å²) in [6, 6.07) is 9.92. The first-order valence-corrected chi connectivity index (χ1v) is 7.22. The van der Waals surface area contributed by atoms with Gasteiger partial charge in [-0.1, -0.05) is 17.3 Å². The van der Waals surface area contributed by atoms with E-state index >= 15 is 0 Å². The fourth-order valence-electron chi connectivity index (χ4n) is 2.01. The second-order valence-corrected chi connectivity index (χ2v) is 4.92. The van der Waals surface area contributed by atoms with Gasteiger partial charge in [-0.15, -0.1) is 0 Å². The molecular weight excluding hydrogens is 352 g/mol. The maximum Gasteiger partial charge on any atom is 0.387 e. The minimum atomic E-state index is -2.99. The number of nitro benzene ring substituents is 1. The molecule has 0 unspecified atom stereocenters. The topological polar surface area (TPSA) is 109 Å². The van der Waals surface area contributed by atoms with Gasteiger partial charge in [0.2, 0.25) is 0 Å². The van der Waals surface area contributed by atoms with Crippen LogP contribution in [-0.4, -0.2) is 24.5 Å². The summed E-state index contributed by atoms with van der Waals surface area (Å²) in [5.74, 6) is -0.117. The van der Waals surface area contributed by atoms with Crippen LogP contribution in [0.15, 0.2) is 47.6 Å². The van der Waals surface area contributed by atoms with E-state index in [1.54, 1.807) is 6.07 Å². The number of alkyl halides is 2. The number of oxime groups is 1. The van der Waals surface area contributed by atoms with Crippen molar-refractivity contribution in [2.24, 2.45) is 10.9 Å². The molecule has 0 saturated heterocycles. The van der Waals surface area contributed by atoms with Crippen LogP contribution in [0.2, 0.25) is 0 Å². The van der Waals surface area contributed by atoms with E-state index in [2.05, 4.69) is 9.89 Å². The fourth-order valence-corrected chi connectivity index (χ4v) is 2.01. The lowest BCUT2D eigenvalue weighted by molar-refractivity contribution is -0.384. The summed E-state index contributed by atoms with van der Waals surface area (Å²) in [5, 5.41) is 14.4. The molecule has 138 valence electrons. The lowest BCUT2D eigenvalue weighted by atomic mass is 10.2. The van der Waals surface area contributed by atoms with Gasteiger partial charge < -0.3 is 20.0 Å². The molecule has 8 nitrogen and oxygen atoms in total. The normalized spacial score (nSPS) is 11.3. The van der Waals surface area contributed by atoms with Gasteiger partial charge in [-0.05, 0) is 23.8 Å². The number of hydrogen-bond donors (Lipinski definition) is 1. The number of nitro groups is 1. The Morgan fingerprint density at radius 1 is 1.27 bits per heavy atom. The zero-order chi connectivity index (χ0) is 19.1. The molecule has 2 N–H and O–H groups in total. The third-order valence-corrected chi connectivity index (χ3v) is 3.19. The first-order valence-electron chi connectivity index (χ1n) is 7.22. The van der Waals surface area contributed by atoms with Crippen molar-refractivity contribution in [2.45, 2.75) is 13.2 Å². The Kier molecular flexibility index (Phi) is 6.25. The van der Waals surface area contributed by atoms with Crippen molar-refractivity contribution in [2.75, 3.05) is 7.11 Å². The number of nitrogens with zero attached hydrogens (tertiary/aromatic N) is 2. The van der Waals surface area contributed by atoms with Gasteiger partial charge in [-0.2, -0.15) is 8.78 Å². The number of ether oxygens (including phenoxy) is 2. The molecule has 2 aromatic rings. The number of non-ortho nitro benzene ring substituents is 1. The number of hydrogen-bond acceptors (Lipinski definition) is 6. The van der Waals surface area contributed by atoms with Crippen molar-refractivity contribution >= 4 is 11.5 Å². The van der Waals surface area contributed by atoms with Crippen molar-refractivity contribution < 1.29 is 28.0 Å². The summed E-state index contributed by atoms with van der Waals surface area (Å²) in [6.07, 6.45) is 0. The maximum atomic E-state index is 12.3. The Morgan fingerprint density at radius 3 is 2.69 bits per heavy atom. The summed E-state index contributed by atoms with van der Waals surface area (Å²) in [4.78, 5) is 15.3. The summed E-state index contributed by atoms with van der Waals surface area (Å²) >= 11 is 0. The molecule has 0 saturated carbocycles. The van der Waals surface area contributed by atoms with Crippen molar-refractivity contribution in [3.05, 3.63) is 63.7 Å². The van der Waals surface area contributed by atoms with Crippen LogP contribution in [0, 0.1) is 10.1 Å². The van der Waals surface area contributed by atoms with Crippen LogP contribution in [0.4, 0.5) is 14.5 Å². The average Bonchev–Trinajstić information content (AvgIpc) is 2.61. The molecule has 0 bridgehead atoms. The average molecular weight is 367 g/mol. The van der Waals surface area contributed by atoms with Crippen LogP contribution >= 0.6 is 0 Å². The molecule has 2 aromatic carbocycles. The van der Waals surface area contributed by atoms with E-state index in [9.17, 15) is 18.9 Å². The molecule has 0 spiro atoms. The minimum Gasteiger partial charge on any atom is -0.493 e. The van der Waals surface area contributed by atoms with Gasteiger partial charge >= 0.3 is 6.61 Å². The Balaban J connectivity index is 2.07. The molecule has 0 aromatic heterocycles. The van der Waals surface area contributed by atoms with Crippen LogP contribution in [0.1, 0.15) is 11.1 Å². The van der Waals surface area contributed by atoms with Gasteiger partial charge in [0.05, 0.1) is 12.0 Å². The first kappa shape index (κ1) is 18.9. The van der Waals surface area contributed by atoms with E-state index < -0.39 is 11.5 Å². The predicted molar refractivity (Wildman–Crippen MR) is 88.2 cm³/mol. The maximum absolute atomic E-state index is 12.3. The van der Waals surface area contributed by atoms with E-state index in [-0.39, 0.29) is 29.6 Å². The van der Waals surface area contributed by atoms with E-state index in [0.29, 0.717) is 11.1 Å². The highest BCUT2D eigenvalue weighted by molar-refractivity contribution is 5.97. The van der Waals surface area contributed by atoms with Crippen molar-refractivity contribution in [3.8, 4) is 11.5 Å². The van der Waals surface area contributed by atoms with E-state index in [1.807, 2.05) is 0 Å². The van der Waals surface area contributed by atoms with Crippen LogP contribution in [-0.2, 0) is 11.4 Å². The van der Waals surface area contributed by atoms with Crippen LogP contribution in [0.25, 0.3) is 0 Å². The number of benzene rings is 2. The Labute approximate surface area is 146 Å². The third-order valence-electron chi connectivity index (χ3n) is 3.19. The molecule has 26 heavy (non-hydrogen) atoms. The van der Waals surface area contributed by atoms with Crippen molar-refractivity contribution in [3.63, 3.8) is 0 Å². The van der Waals surface area contributed by atoms with Crippen LogP contribution < -0.4 is 15.2 Å². The van der Waals surface area contributed by atoms with Gasteiger partial charge in [-0.3, -0.25) is 10.1 Å². The van der Waals surface area contributed by atoms with Crippen LogP contribution in [0.5, 0.6) is 11.5 Å². The van der Waals surface area contributed by atoms with Gasteiger partial charge in [0.1, 0.15) is 6.61 Å². The highest BCUT2D eigenvalue weighted by Gasteiger charge is 2.12.